The fourth-order valence-corrected chi connectivity index (χ4v) is 7.69. The number of rotatable bonds is 5. The Morgan fingerprint density at radius 1 is 0.321 bits per heavy atom. The Morgan fingerprint density at radius 2 is 0.887 bits per heavy atom. The Morgan fingerprint density at radius 3 is 1.60 bits per heavy atom. The van der Waals surface area contributed by atoms with Gasteiger partial charge in [-0.3, -0.25) is 8.97 Å². The van der Waals surface area contributed by atoms with Crippen molar-refractivity contribution >= 4 is 49.7 Å². The quantitative estimate of drug-likeness (QED) is 0.182. The number of aromatic nitrogens is 7. The normalized spacial score (nSPS) is 11.8. The molecule has 0 amide bonds. The maximum absolute atomic E-state index is 5.15. The summed E-state index contributed by atoms with van der Waals surface area (Å²) in [6, 6.07) is 60.8. The van der Waals surface area contributed by atoms with Crippen molar-refractivity contribution in [2.75, 3.05) is 0 Å². The van der Waals surface area contributed by atoms with Gasteiger partial charge in [0.05, 0.1) is 33.1 Å². The number of benzene rings is 7. The molecule has 4 heterocycles. The standard InChI is InChI=1S/C46H29N7/c1-4-15-30(16-5-1)43-48-44(31-17-6-2-7-18-31)50-45(49-43)32-19-14-22-34(27-32)51-38-25-12-10-23-35(38)36-28-41-42(29-40(36)51)53-39-26-13-11-24-37(39)47-46(53)52(41)33-20-8-3-9-21-33/h1-29H. The first kappa shape index (κ1) is 29.4. The van der Waals surface area contributed by atoms with E-state index in [0.29, 0.717) is 17.5 Å². The van der Waals surface area contributed by atoms with Crippen LogP contribution in [0.5, 0.6) is 0 Å². The van der Waals surface area contributed by atoms with E-state index in [9.17, 15) is 0 Å². The molecule has 0 N–H and O–H groups in total. The van der Waals surface area contributed by atoms with Crippen LogP contribution in [0.1, 0.15) is 0 Å². The van der Waals surface area contributed by atoms with Crippen LogP contribution in [0.15, 0.2) is 176 Å². The predicted molar refractivity (Wildman–Crippen MR) is 214 cm³/mol. The fraction of sp³-hybridized carbons (Fsp3) is 0. The molecule has 0 bridgehead atoms. The zero-order chi connectivity index (χ0) is 34.9. The van der Waals surface area contributed by atoms with Crippen LogP contribution in [0, 0.1) is 0 Å². The molecule has 0 aliphatic carbocycles. The summed E-state index contributed by atoms with van der Waals surface area (Å²) < 4.78 is 6.92. The van der Waals surface area contributed by atoms with Gasteiger partial charge in [0, 0.05) is 38.8 Å². The molecular formula is C46H29N7. The summed E-state index contributed by atoms with van der Waals surface area (Å²) in [7, 11) is 0. The smallest absolute Gasteiger partial charge is 0.220 e. The van der Waals surface area contributed by atoms with Gasteiger partial charge < -0.3 is 4.57 Å². The molecule has 248 valence electrons. The lowest BCUT2D eigenvalue weighted by atomic mass is 10.1. The molecule has 0 saturated carbocycles. The van der Waals surface area contributed by atoms with Crippen molar-refractivity contribution in [1.82, 2.24) is 33.5 Å². The van der Waals surface area contributed by atoms with Crippen LogP contribution in [0.2, 0.25) is 0 Å². The van der Waals surface area contributed by atoms with Gasteiger partial charge in [-0.1, -0.05) is 121 Å². The average Bonchev–Trinajstić information content (AvgIpc) is 3.87. The zero-order valence-electron chi connectivity index (χ0n) is 28.4. The minimum absolute atomic E-state index is 0.620. The number of hydrogen-bond donors (Lipinski definition) is 0. The third-order valence-corrected chi connectivity index (χ3v) is 10.1. The second-order valence-corrected chi connectivity index (χ2v) is 13.2. The van der Waals surface area contributed by atoms with Crippen LogP contribution >= 0.6 is 0 Å². The molecule has 11 rings (SSSR count). The SMILES string of the molecule is c1ccc(-c2nc(-c3ccccc3)nc(-c3cccc(-n4c5ccccc5c5cc6c(cc54)n4c5ccccc5nc4n6-c4ccccc4)c3)n2)cc1. The van der Waals surface area contributed by atoms with Gasteiger partial charge in [0.15, 0.2) is 17.5 Å². The van der Waals surface area contributed by atoms with Gasteiger partial charge in [-0.25, -0.2) is 19.9 Å². The number of fused-ring (bicyclic) bond motifs is 8. The van der Waals surface area contributed by atoms with E-state index < -0.39 is 0 Å². The average molecular weight is 680 g/mol. The van der Waals surface area contributed by atoms with Crippen LogP contribution in [-0.2, 0) is 0 Å². The molecule has 0 spiro atoms. The number of hydrogen-bond acceptors (Lipinski definition) is 4. The van der Waals surface area contributed by atoms with Gasteiger partial charge in [-0.2, -0.15) is 0 Å². The first-order chi connectivity index (χ1) is 26.3. The van der Waals surface area contributed by atoms with Gasteiger partial charge in [-0.15, -0.1) is 0 Å². The van der Waals surface area contributed by atoms with E-state index in [1.807, 2.05) is 66.7 Å². The molecule has 0 radical (unpaired) electrons. The Hall–Kier alpha value is -7.38. The van der Waals surface area contributed by atoms with E-state index in [0.717, 1.165) is 66.9 Å². The molecule has 7 nitrogen and oxygen atoms in total. The highest BCUT2D eigenvalue weighted by atomic mass is 15.2. The molecule has 53 heavy (non-hydrogen) atoms. The third-order valence-electron chi connectivity index (χ3n) is 10.1. The monoisotopic (exact) mass is 679 g/mol. The molecule has 0 atom stereocenters. The molecule has 0 saturated heterocycles. The summed E-state index contributed by atoms with van der Waals surface area (Å²) in [6.07, 6.45) is 0. The maximum atomic E-state index is 5.15. The summed E-state index contributed by atoms with van der Waals surface area (Å²) in [6.45, 7) is 0. The van der Waals surface area contributed by atoms with Gasteiger partial charge >= 0.3 is 0 Å². The Kier molecular flexibility index (Phi) is 6.42. The Labute approximate surface area is 303 Å². The lowest BCUT2D eigenvalue weighted by Crippen LogP contribution is -2.01. The van der Waals surface area contributed by atoms with Crippen LogP contribution in [0.4, 0.5) is 0 Å². The van der Waals surface area contributed by atoms with Crippen LogP contribution in [-0.4, -0.2) is 33.5 Å². The molecular weight excluding hydrogens is 651 g/mol. The van der Waals surface area contributed by atoms with Gasteiger partial charge in [0.2, 0.25) is 5.78 Å². The van der Waals surface area contributed by atoms with Gasteiger partial charge in [-0.05, 0) is 54.6 Å². The number of para-hydroxylation sites is 4. The first-order valence-corrected chi connectivity index (χ1v) is 17.7. The molecule has 7 aromatic carbocycles. The first-order valence-electron chi connectivity index (χ1n) is 17.7. The van der Waals surface area contributed by atoms with Crippen molar-refractivity contribution in [3.63, 3.8) is 0 Å². The second kappa shape index (κ2) is 11.6. The Balaban J connectivity index is 1.17. The molecule has 4 aromatic heterocycles. The molecule has 0 aliphatic rings. The summed E-state index contributed by atoms with van der Waals surface area (Å²) >= 11 is 0. The molecule has 7 heteroatoms. The van der Waals surface area contributed by atoms with Crippen molar-refractivity contribution in [2.45, 2.75) is 0 Å². The van der Waals surface area contributed by atoms with Crippen LogP contribution < -0.4 is 0 Å². The van der Waals surface area contributed by atoms with Crippen molar-refractivity contribution in [3.05, 3.63) is 176 Å². The number of nitrogens with zero attached hydrogens (tertiary/aromatic N) is 7. The van der Waals surface area contributed by atoms with E-state index in [1.54, 1.807) is 0 Å². The minimum atomic E-state index is 0.620. The highest BCUT2D eigenvalue weighted by molar-refractivity contribution is 6.14. The fourth-order valence-electron chi connectivity index (χ4n) is 7.69. The third kappa shape index (κ3) is 4.61. The largest absolute Gasteiger partial charge is 0.309 e. The van der Waals surface area contributed by atoms with Crippen molar-refractivity contribution < 1.29 is 0 Å². The van der Waals surface area contributed by atoms with Crippen LogP contribution in [0.25, 0.3) is 95.2 Å². The number of imidazole rings is 2. The molecule has 0 unspecified atom stereocenters. The van der Waals surface area contributed by atoms with Gasteiger partial charge in [0.25, 0.3) is 0 Å². The minimum Gasteiger partial charge on any atom is -0.309 e. The van der Waals surface area contributed by atoms with Gasteiger partial charge in [0.1, 0.15) is 0 Å². The lowest BCUT2D eigenvalue weighted by Gasteiger charge is -2.12. The highest BCUT2D eigenvalue weighted by Gasteiger charge is 2.21. The van der Waals surface area contributed by atoms with E-state index in [1.165, 1.54) is 10.8 Å². The second-order valence-electron chi connectivity index (χ2n) is 13.2. The molecule has 11 aromatic rings. The summed E-state index contributed by atoms with van der Waals surface area (Å²) in [5.74, 6) is 2.78. The summed E-state index contributed by atoms with van der Waals surface area (Å²) in [5.41, 5.74) is 11.3. The van der Waals surface area contributed by atoms with Crippen molar-refractivity contribution in [2.24, 2.45) is 0 Å². The van der Waals surface area contributed by atoms with Crippen LogP contribution in [0.3, 0.4) is 0 Å². The Bertz CT molecular complexity index is 3100. The van der Waals surface area contributed by atoms with Crippen molar-refractivity contribution in [1.29, 1.82) is 0 Å². The summed E-state index contributed by atoms with van der Waals surface area (Å²) in [4.78, 5) is 20.1. The molecule has 0 aliphatic heterocycles. The zero-order valence-corrected chi connectivity index (χ0v) is 28.4. The maximum Gasteiger partial charge on any atom is 0.220 e. The van der Waals surface area contributed by atoms with E-state index >= 15 is 0 Å². The summed E-state index contributed by atoms with van der Waals surface area (Å²) in [5, 5.41) is 2.34. The predicted octanol–water partition coefficient (Wildman–Crippen LogP) is 10.7. The van der Waals surface area contributed by atoms with Crippen molar-refractivity contribution in [3.8, 4) is 45.5 Å². The van der Waals surface area contributed by atoms with E-state index in [2.05, 4.69) is 123 Å². The van der Waals surface area contributed by atoms with E-state index in [4.69, 9.17) is 19.9 Å². The lowest BCUT2D eigenvalue weighted by molar-refractivity contribution is 1.07. The topological polar surface area (TPSA) is 65.8 Å². The van der Waals surface area contributed by atoms with E-state index in [-0.39, 0.29) is 0 Å². The highest BCUT2D eigenvalue weighted by Crippen LogP contribution is 2.38. The molecule has 0 fully saturated rings.